The highest BCUT2D eigenvalue weighted by atomic mass is 16.2. The summed E-state index contributed by atoms with van der Waals surface area (Å²) in [7, 11) is 0. The lowest BCUT2D eigenvalue weighted by atomic mass is 10.1. The standard InChI is InChI=1S/C12H22N2O/c1-2-3-4-5-12(15)14-8-10-6-7-13-11(10)9-14/h10-11,13H,2-9H2,1H3/t10-,11+/m0/s1. The Kier molecular flexibility index (Phi) is 3.62. The van der Waals surface area contributed by atoms with Crippen molar-refractivity contribution < 1.29 is 4.79 Å². The Morgan fingerprint density at radius 3 is 3.00 bits per heavy atom. The smallest absolute Gasteiger partial charge is 0.222 e. The van der Waals surface area contributed by atoms with Crippen molar-refractivity contribution in [3.05, 3.63) is 0 Å². The van der Waals surface area contributed by atoms with E-state index in [1.165, 1.54) is 19.3 Å². The summed E-state index contributed by atoms with van der Waals surface area (Å²) < 4.78 is 0. The summed E-state index contributed by atoms with van der Waals surface area (Å²) in [5.74, 6) is 1.11. The zero-order chi connectivity index (χ0) is 10.7. The van der Waals surface area contributed by atoms with E-state index < -0.39 is 0 Å². The first kappa shape index (κ1) is 10.9. The topological polar surface area (TPSA) is 32.3 Å². The fourth-order valence-electron chi connectivity index (χ4n) is 2.74. The van der Waals surface area contributed by atoms with Gasteiger partial charge in [0.05, 0.1) is 0 Å². The van der Waals surface area contributed by atoms with Gasteiger partial charge in [-0.25, -0.2) is 0 Å². The van der Waals surface area contributed by atoms with Crippen molar-refractivity contribution in [1.29, 1.82) is 0 Å². The molecule has 86 valence electrons. The minimum Gasteiger partial charge on any atom is -0.341 e. The van der Waals surface area contributed by atoms with Crippen LogP contribution in [0, 0.1) is 5.92 Å². The van der Waals surface area contributed by atoms with Gasteiger partial charge in [0.25, 0.3) is 0 Å². The molecule has 0 saturated carbocycles. The monoisotopic (exact) mass is 210 g/mol. The number of rotatable bonds is 4. The number of fused-ring (bicyclic) bond motifs is 1. The molecule has 0 aliphatic carbocycles. The number of unbranched alkanes of at least 4 members (excludes halogenated alkanes) is 2. The van der Waals surface area contributed by atoms with Crippen LogP contribution in [0.4, 0.5) is 0 Å². The highest BCUT2D eigenvalue weighted by Crippen LogP contribution is 2.25. The lowest BCUT2D eigenvalue weighted by molar-refractivity contribution is -0.130. The highest BCUT2D eigenvalue weighted by molar-refractivity contribution is 5.76. The molecular weight excluding hydrogens is 188 g/mol. The summed E-state index contributed by atoms with van der Waals surface area (Å²) in [5.41, 5.74) is 0. The van der Waals surface area contributed by atoms with Crippen LogP contribution >= 0.6 is 0 Å². The van der Waals surface area contributed by atoms with Crippen molar-refractivity contribution >= 4 is 5.91 Å². The zero-order valence-corrected chi connectivity index (χ0v) is 9.67. The van der Waals surface area contributed by atoms with Crippen LogP contribution < -0.4 is 5.32 Å². The maximum atomic E-state index is 11.8. The number of nitrogens with one attached hydrogen (secondary N) is 1. The Bertz CT molecular complexity index is 218. The quantitative estimate of drug-likeness (QED) is 0.711. The third-order valence-electron chi connectivity index (χ3n) is 3.71. The van der Waals surface area contributed by atoms with E-state index in [1.54, 1.807) is 0 Å². The van der Waals surface area contributed by atoms with Gasteiger partial charge in [0.1, 0.15) is 0 Å². The molecule has 3 heteroatoms. The first-order valence-electron chi connectivity index (χ1n) is 6.32. The second-order valence-corrected chi connectivity index (χ2v) is 4.87. The molecule has 0 aromatic rings. The SMILES string of the molecule is CCCCCC(=O)N1C[C@@H]2CCN[C@@H]2C1. The number of likely N-dealkylation sites (tertiary alicyclic amines) is 1. The molecule has 0 spiro atoms. The Hall–Kier alpha value is -0.570. The van der Waals surface area contributed by atoms with Crippen LogP contribution in [0.15, 0.2) is 0 Å². The van der Waals surface area contributed by atoms with E-state index >= 15 is 0 Å². The zero-order valence-electron chi connectivity index (χ0n) is 9.67. The molecule has 0 bridgehead atoms. The van der Waals surface area contributed by atoms with Crippen LogP contribution in [0.5, 0.6) is 0 Å². The van der Waals surface area contributed by atoms with Gasteiger partial charge in [-0.3, -0.25) is 4.79 Å². The molecule has 15 heavy (non-hydrogen) atoms. The van der Waals surface area contributed by atoms with E-state index in [0.29, 0.717) is 11.9 Å². The molecule has 2 fully saturated rings. The molecule has 2 heterocycles. The van der Waals surface area contributed by atoms with Crippen LogP contribution in [-0.2, 0) is 4.79 Å². The molecule has 1 amide bonds. The van der Waals surface area contributed by atoms with E-state index in [0.717, 1.165) is 38.4 Å². The van der Waals surface area contributed by atoms with Gasteiger partial charge < -0.3 is 10.2 Å². The van der Waals surface area contributed by atoms with Crippen molar-refractivity contribution in [3.63, 3.8) is 0 Å². The van der Waals surface area contributed by atoms with Crippen LogP contribution in [-0.4, -0.2) is 36.5 Å². The molecule has 0 aromatic heterocycles. The summed E-state index contributed by atoms with van der Waals surface area (Å²) >= 11 is 0. The molecule has 0 radical (unpaired) electrons. The van der Waals surface area contributed by atoms with Gasteiger partial charge in [-0.1, -0.05) is 19.8 Å². The fourth-order valence-corrected chi connectivity index (χ4v) is 2.74. The van der Waals surface area contributed by atoms with Crippen LogP contribution in [0.3, 0.4) is 0 Å². The normalized spacial score (nSPS) is 29.5. The lowest BCUT2D eigenvalue weighted by Gasteiger charge is -2.17. The molecule has 0 aromatic carbocycles. The Morgan fingerprint density at radius 1 is 1.40 bits per heavy atom. The van der Waals surface area contributed by atoms with E-state index in [1.807, 2.05) is 0 Å². The molecule has 2 atom stereocenters. The maximum Gasteiger partial charge on any atom is 0.222 e. The maximum absolute atomic E-state index is 11.8. The third-order valence-corrected chi connectivity index (χ3v) is 3.71. The van der Waals surface area contributed by atoms with Crippen molar-refractivity contribution in [3.8, 4) is 0 Å². The average molecular weight is 210 g/mol. The summed E-state index contributed by atoms with van der Waals surface area (Å²) in [5, 5.41) is 3.48. The number of carbonyl (C=O) groups excluding carboxylic acids is 1. The molecule has 3 nitrogen and oxygen atoms in total. The van der Waals surface area contributed by atoms with Gasteiger partial charge in [-0.2, -0.15) is 0 Å². The van der Waals surface area contributed by atoms with E-state index in [-0.39, 0.29) is 0 Å². The largest absolute Gasteiger partial charge is 0.341 e. The van der Waals surface area contributed by atoms with E-state index in [9.17, 15) is 4.79 Å². The van der Waals surface area contributed by atoms with Crippen molar-refractivity contribution in [2.75, 3.05) is 19.6 Å². The van der Waals surface area contributed by atoms with Crippen LogP contribution in [0.2, 0.25) is 0 Å². The van der Waals surface area contributed by atoms with Gasteiger partial charge >= 0.3 is 0 Å². The van der Waals surface area contributed by atoms with Crippen molar-refractivity contribution in [2.45, 2.75) is 45.1 Å². The Morgan fingerprint density at radius 2 is 2.27 bits per heavy atom. The second-order valence-electron chi connectivity index (χ2n) is 4.87. The average Bonchev–Trinajstić information content (AvgIpc) is 2.76. The number of nitrogens with zero attached hydrogens (tertiary/aromatic N) is 1. The van der Waals surface area contributed by atoms with Gasteiger partial charge in [-0.15, -0.1) is 0 Å². The summed E-state index contributed by atoms with van der Waals surface area (Å²) in [6.07, 6.45) is 5.45. The third kappa shape index (κ3) is 2.51. The minimum atomic E-state index is 0.375. The number of carbonyl (C=O) groups is 1. The lowest BCUT2D eigenvalue weighted by Crippen LogP contribution is -2.33. The van der Waals surface area contributed by atoms with Crippen molar-refractivity contribution in [2.24, 2.45) is 5.92 Å². The van der Waals surface area contributed by atoms with Gasteiger partial charge in [-0.05, 0) is 25.3 Å². The first-order valence-corrected chi connectivity index (χ1v) is 6.32. The van der Waals surface area contributed by atoms with E-state index in [4.69, 9.17) is 0 Å². The molecule has 1 N–H and O–H groups in total. The molecule has 2 aliphatic rings. The van der Waals surface area contributed by atoms with Gasteiger partial charge in [0, 0.05) is 25.6 Å². The predicted molar refractivity (Wildman–Crippen MR) is 60.6 cm³/mol. The number of amides is 1. The number of hydrogen-bond acceptors (Lipinski definition) is 2. The minimum absolute atomic E-state index is 0.375. The van der Waals surface area contributed by atoms with Gasteiger partial charge in [0.2, 0.25) is 5.91 Å². The summed E-state index contributed by atoms with van der Waals surface area (Å²) in [4.78, 5) is 13.9. The summed E-state index contributed by atoms with van der Waals surface area (Å²) in [6, 6.07) is 0.597. The van der Waals surface area contributed by atoms with Crippen LogP contribution in [0.25, 0.3) is 0 Å². The van der Waals surface area contributed by atoms with E-state index in [2.05, 4.69) is 17.1 Å². The van der Waals surface area contributed by atoms with Crippen molar-refractivity contribution in [1.82, 2.24) is 10.2 Å². The highest BCUT2D eigenvalue weighted by Gasteiger charge is 2.37. The summed E-state index contributed by atoms with van der Waals surface area (Å²) in [6.45, 7) is 5.28. The van der Waals surface area contributed by atoms with Crippen LogP contribution in [0.1, 0.15) is 39.0 Å². The molecule has 0 unspecified atom stereocenters. The molecule has 2 saturated heterocycles. The number of hydrogen-bond donors (Lipinski definition) is 1. The van der Waals surface area contributed by atoms with Gasteiger partial charge in [0.15, 0.2) is 0 Å². The molecule has 2 aliphatic heterocycles. The second kappa shape index (κ2) is 4.97. The Balaban J connectivity index is 1.73. The fraction of sp³-hybridized carbons (Fsp3) is 0.917. The first-order chi connectivity index (χ1) is 7.31. The Labute approximate surface area is 92.2 Å². The predicted octanol–water partition coefficient (Wildman–Crippen LogP) is 1.39. The molecule has 2 rings (SSSR count). The molecular formula is C12H22N2O.